The fourth-order valence-electron chi connectivity index (χ4n) is 1.31. The lowest BCUT2D eigenvalue weighted by Crippen LogP contribution is -2.42. The quantitative estimate of drug-likeness (QED) is 0.656. The lowest BCUT2D eigenvalue weighted by Gasteiger charge is -2.20. The molecule has 0 heterocycles. The highest BCUT2D eigenvalue weighted by atomic mass is 35.5. The first-order valence-corrected chi connectivity index (χ1v) is 8.13. The molecule has 1 amide bonds. The van der Waals surface area contributed by atoms with Crippen LogP contribution in [-0.4, -0.2) is 25.9 Å². The second-order valence-corrected chi connectivity index (χ2v) is 7.69. The van der Waals surface area contributed by atoms with E-state index in [-0.39, 0.29) is 21.5 Å². The van der Waals surface area contributed by atoms with E-state index in [9.17, 15) is 13.2 Å². The Morgan fingerprint density at radius 3 is 2.38 bits per heavy atom. The third-order valence-electron chi connectivity index (χ3n) is 2.89. The van der Waals surface area contributed by atoms with Gasteiger partial charge in [0, 0.05) is 12.1 Å². The number of primary amides is 1. The summed E-state index contributed by atoms with van der Waals surface area (Å²) < 4.78 is 26.6. The van der Waals surface area contributed by atoms with Gasteiger partial charge in [-0.3, -0.25) is 4.79 Å². The van der Waals surface area contributed by atoms with Crippen LogP contribution in [0.1, 0.15) is 19.4 Å². The van der Waals surface area contributed by atoms with Gasteiger partial charge in [-0.15, -0.1) is 0 Å². The molecule has 1 aromatic carbocycles. The lowest BCUT2D eigenvalue weighted by atomic mass is 9.93. The number of nitrogens with two attached hydrogens (primary N) is 2. The average molecular weight is 350 g/mol. The second-order valence-electron chi connectivity index (χ2n) is 5.08. The van der Waals surface area contributed by atoms with E-state index in [2.05, 4.69) is 4.72 Å². The Kier molecular flexibility index (Phi) is 5.32. The number of halogens is 1. The smallest absolute Gasteiger partial charge is 0.240 e. The van der Waals surface area contributed by atoms with Gasteiger partial charge in [0.2, 0.25) is 15.9 Å². The van der Waals surface area contributed by atoms with E-state index in [0.717, 1.165) is 0 Å². The van der Waals surface area contributed by atoms with Crippen molar-refractivity contribution in [1.29, 1.82) is 0 Å². The van der Waals surface area contributed by atoms with Crippen molar-refractivity contribution in [3.8, 4) is 0 Å². The Bertz CT molecular complexity index is 687. The van der Waals surface area contributed by atoms with E-state index < -0.39 is 21.3 Å². The normalized spacial score (nSPS) is 12.1. The molecule has 5 N–H and O–H groups in total. The van der Waals surface area contributed by atoms with Crippen LogP contribution in [0.2, 0.25) is 5.02 Å². The van der Waals surface area contributed by atoms with Crippen LogP contribution in [0.15, 0.2) is 23.1 Å². The Morgan fingerprint density at radius 2 is 1.95 bits per heavy atom. The van der Waals surface area contributed by atoms with Crippen LogP contribution in [0.3, 0.4) is 0 Å². The highest BCUT2D eigenvalue weighted by molar-refractivity contribution is 7.89. The fourth-order valence-corrected chi connectivity index (χ4v) is 3.13. The summed E-state index contributed by atoms with van der Waals surface area (Å²) in [6, 6.07) is 4.01. The van der Waals surface area contributed by atoms with Crippen molar-refractivity contribution < 1.29 is 13.2 Å². The van der Waals surface area contributed by atoms with Crippen LogP contribution < -0.4 is 16.2 Å². The highest BCUT2D eigenvalue weighted by Gasteiger charge is 2.27. The zero-order valence-electron chi connectivity index (χ0n) is 11.5. The number of thiocarbonyl (C=S) groups is 1. The Balaban J connectivity index is 3.02. The number of rotatable bonds is 6. The molecule has 1 aromatic rings. The molecule has 6 nitrogen and oxygen atoms in total. The second kappa shape index (κ2) is 6.27. The van der Waals surface area contributed by atoms with E-state index in [1.165, 1.54) is 18.2 Å². The van der Waals surface area contributed by atoms with Gasteiger partial charge < -0.3 is 11.5 Å². The van der Waals surface area contributed by atoms with Crippen molar-refractivity contribution in [3.63, 3.8) is 0 Å². The SMILES string of the molecule is CC(C)(CNS(=O)(=O)c1ccc(C(N)=S)c(Cl)c1)C(N)=O. The monoisotopic (exact) mass is 349 g/mol. The number of hydrogen-bond donors (Lipinski definition) is 3. The average Bonchev–Trinajstić information content (AvgIpc) is 2.36. The molecule has 0 aliphatic rings. The molecule has 0 unspecified atom stereocenters. The Labute approximate surface area is 133 Å². The first-order valence-electron chi connectivity index (χ1n) is 5.86. The number of carbonyl (C=O) groups excluding carboxylic acids is 1. The molecule has 9 heteroatoms. The Morgan fingerprint density at radius 1 is 1.38 bits per heavy atom. The minimum Gasteiger partial charge on any atom is -0.389 e. The number of carbonyl (C=O) groups is 1. The van der Waals surface area contributed by atoms with Crippen LogP contribution in [0.25, 0.3) is 0 Å². The third kappa shape index (κ3) is 4.37. The number of sulfonamides is 1. The largest absolute Gasteiger partial charge is 0.389 e. The minimum absolute atomic E-state index is 0.0484. The summed E-state index contributed by atoms with van der Waals surface area (Å²) in [7, 11) is -3.82. The van der Waals surface area contributed by atoms with E-state index in [0.29, 0.717) is 5.56 Å². The van der Waals surface area contributed by atoms with Crippen molar-refractivity contribution in [3.05, 3.63) is 28.8 Å². The molecule has 0 saturated heterocycles. The van der Waals surface area contributed by atoms with Gasteiger partial charge in [0.1, 0.15) is 4.99 Å². The van der Waals surface area contributed by atoms with Crippen molar-refractivity contribution in [2.24, 2.45) is 16.9 Å². The van der Waals surface area contributed by atoms with Crippen LogP contribution in [0.4, 0.5) is 0 Å². The number of amides is 1. The standard InChI is InChI=1S/C12H16ClN3O3S2/c1-12(2,11(15)17)6-16-21(18,19)7-3-4-8(10(14)20)9(13)5-7/h3-5,16H,6H2,1-2H3,(H2,14,20)(H2,15,17). The molecule has 0 radical (unpaired) electrons. The van der Waals surface area contributed by atoms with E-state index in [4.69, 9.17) is 35.3 Å². The number of benzene rings is 1. The topological polar surface area (TPSA) is 115 Å². The van der Waals surface area contributed by atoms with E-state index in [1.807, 2.05) is 0 Å². The molecule has 0 aliphatic heterocycles. The van der Waals surface area contributed by atoms with Gasteiger partial charge in [0.25, 0.3) is 0 Å². The van der Waals surface area contributed by atoms with Crippen LogP contribution in [-0.2, 0) is 14.8 Å². The molecule has 21 heavy (non-hydrogen) atoms. The number of hydrogen-bond acceptors (Lipinski definition) is 4. The predicted molar refractivity (Wildman–Crippen MR) is 85.5 cm³/mol. The van der Waals surface area contributed by atoms with Gasteiger partial charge in [-0.05, 0) is 32.0 Å². The number of nitrogens with one attached hydrogen (secondary N) is 1. The predicted octanol–water partition coefficient (Wildman–Crippen LogP) is 0.764. The van der Waals surface area contributed by atoms with Crippen LogP contribution >= 0.6 is 23.8 Å². The molecular weight excluding hydrogens is 334 g/mol. The summed E-state index contributed by atoms with van der Waals surface area (Å²) in [5, 5.41) is 0.138. The van der Waals surface area contributed by atoms with Gasteiger partial charge in [-0.2, -0.15) is 0 Å². The van der Waals surface area contributed by atoms with Gasteiger partial charge >= 0.3 is 0 Å². The molecule has 0 aromatic heterocycles. The molecule has 0 atom stereocenters. The zero-order chi connectivity index (χ0) is 16.4. The van der Waals surface area contributed by atoms with Crippen molar-refractivity contribution in [2.75, 3.05) is 6.54 Å². The fraction of sp³-hybridized carbons (Fsp3) is 0.333. The van der Waals surface area contributed by atoms with Gasteiger partial charge in [0.05, 0.1) is 15.3 Å². The molecule has 1 rings (SSSR count). The van der Waals surface area contributed by atoms with Crippen molar-refractivity contribution in [2.45, 2.75) is 18.7 Å². The molecule has 0 aliphatic carbocycles. The molecule has 116 valence electrons. The van der Waals surface area contributed by atoms with Gasteiger partial charge in [-0.25, -0.2) is 13.1 Å². The first-order chi connectivity index (χ1) is 9.47. The first kappa shape index (κ1) is 17.8. The summed E-state index contributed by atoms with van der Waals surface area (Å²) in [6.07, 6.45) is 0. The highest BCUT2D eigenvalue weighted by Crippen LogP contribution is 2.21. The van der Waals surface area contributed by atoms with Gasteiger partial charge in [0.15, 0.2) is 0 Å². The maximum absolute atomic E-state index is 12.1. The van der Waals surface area contributed by atoms with E-state index in [1.54, 1.807) is 13.8 Å². The molecule has 0 bridgehead atoms. The molecule has 0 saturated carbocycles. The molecule has 0 fully saturated rings. The van der Waals surface area contributed by atoms with Crippen LogP contribution in [0, 0.1) is 5.41 Å². The summed E-state index contributed by atoms with van der Waals surface area (Å²) in [5.74, 6) is -0.605. The summed E-state index contributed by atoms with van der Waals surface area (Å²) in [4.78, 5) is 11.2. The van der Waals surface area contributed by atoms with Crippen molar-refractivity contribution in [1.82, 2.24) is 4.72 Å². The van der Waals surface area contributed by atoms with Crippen molar-refractivity contribution >= 4 is 44.7 Å². The maximum Gasteiger partial charge on any atom is 0.240 e. The maximum atomic E-state index is 12.1. The molecular formula is C12H16ClN3O3S2. The lowest BCUT2D eigenvalue weighted by molar-refractivity contribution is -0.125. The summed E-state index contributed by atoms with van der Waals surface area (Å²) in [5.41, 5.74) is 10.0. The molecule has 0 spiro atoms. The minimum atomic E-state index is -3.82. The summed E-state index contributed by atoms with van der Waals surface area (Å²) in [6.45, 7) is 2.96. The summed E-state index contributed by atoms with van der Waals surface area (Å²) >= 11 is 10.7. The van der Waals surface area contributed by atoms with E-state index >= 15 is 0 Å². The van der Waals surface area contributed by atoms with Gasteiger partial charge in [-0.1, -0.05) is 23.8 Å². The van der Waals surface area contributed by atoms with Crippen LogP contribution in [0.5, 0.6) is 0 Å². The third-order valence-corrected chi connectivity index (χ3v) is 4.82. The zero-order valence-corrected chi connectivity index (χ0v) is 13.9. The Hall–Kier alpha value is -1.22.